The van der Waals surface area contributed by atoms with E-state index in [-0.39, 0.29) is 21.4 Å². The number of H-pyrrole nitrogens is 1. The first-order valence-corrected chi connectivity index (χ1v) is 34.8. The summed E-state index contributed by atoms with van der Waals surface area (Å²) in [6.07, 6.45) is 0. The molecule has 0 bridgehead atoms. The fourth-order valence-electron chi connectivity index (χ4n) is 16.6. The van der Waals surface area contributed by atoms with Crippen molar-refractivity contribution in [2.75, 3.05) is 0 Å². The third-order valence-electron chi connectivity index (χ3n) is 21.0. The normalized spacial score (nSPS) is 13.3. The van der Waals surface area contributed by atoms with E-state index in [0.29, 0.717) is 5.56 Å². The minimum atomic E-state index is -0.446. The van der Waals surface area contributed by atoms with E-state index >= 15 is 0 Å². The topological polar surface area (TPSA) is 58.9 Å². The van der Waals surface area contributed by atoms with Crippen LogP contribution in [0.2, 0.25) is 0 Å². The van der Waals surface area contributed by atoms with Gasteiger partial charge in [0.1, 0.15) is 0 Å². The van der Waals surface area contributed by atoms with Crippen molar-refractivity contribution in [1.82, 2.24) is 4.98 Å². The highest BCUT2D eigenvalue weighted by molar-refractivity contribution is 7.79. The molecule has 0 aliphatic heterocycles. The Balaban J connectivity index is 0.000000112. The predicted octanol–water partition coefficient (Wildman–Crippen LogP) is 23.9. The number of hydrogen-bond donors (Lipinski definition) is 1. The highest BCUT2D eigenvalue weighted by Crippen LogP contribution is 2.57. The van der Waals surface area contributed by atoms with E-state index in [2.05, 4.69) is 318 Å². The summed E-state index contributed by atoms with van der Waals surface area (Å²) >= 11 is 0. The van der Waals surface area contributed by atoms with Crippen LogP contribution >= 0.6 is 7.92 Å². The number of nitro benzene ring substituents is 1. The molecule has 97 heavy (non-hydrogen) atoms. The molecule has 0 radical (unpaired) electrons. The molecule has 2 aliphatic carbocycles. The average molecular weight is 1260 g/mol. The van der Waals surface area contributed by atoms with Gasteiger partial charge in [0, 0.05) is 38.7 Å². The quantitative estimate of drug-likeness (QED) is 0.0614. The van der Waals surface area contributed by atoms with E-state index in [9.17, 15) is 10.1 Å². The fraction of sp³-hybridized carbons (Fsp3) is 0.0652. The zero-order valence-corrected chi connectivity index (χ0v) is 55.1. The van der Waals surface area contributed by atoms with Gasteiger partial charge in [0.2, 0.25) is 0 Å². The van der Waals surface area contributed by atoms with Crippen molar-refractivity contribution in [1.29, 1.82) is 0 Å². The van der Waals surface area contributed by atoms with Gasteiger partial charge in [-0.25, -0.2) is 0 Å². The maximum atomic E-state index is 11.8. The van der Waals surface area contributed by atoms with Gasteiger partial charge < -0.3 is 4.98 Å². The Bertz CT molecular complexity index is 6200. The van der Waals surface area contributed by atoms with E-state index in [1.54, 1.807) is 12.1 Å². The Kier molecular flexibility index (Phi) is 13.5. The molecule has 0 amide bonds. The largest absolute Gasteiger partial charge is 0.355 e. The van der Waals surface area contributed by atoms with Crippen LogP contribution in [-0.2, 0) is 10.8 Å². The van der Waals surface area contributed by atoms with Gasteiger partial charge in [0.25, 0.3) is 5.69 Å². The lowest BCUT2D eigenvalue weighted by atomic mass is 9.78. The smallest absolute Gasteiger partial charge is 0.277 e. The van der Waals surface area contributed by atoms with E-state index in [4.69, 9.17) is 0 Å². The zero-order valence-electron chi connectivity index (χ0n) is 54.2. The van der Waals surface area contributed by atoms with Crippen molar-refractivity contribution in [2.45, 2.75) is 38.5 Å². The molecule has 1 N–H and O–H groups in total. The number of hydrogen-bond acceptors (Lipinski definition) is 2. The highest BCUT2D eigenvalue weighted by Gasteiger charge is 2.40. The second kappa shape index (κ2) is 22.6. The summed E-state index contributed by atoms with van der Waals surface area (Å²) in [7, 11) is -0.446. The zero-order chi connectivity index (χ0) is 65.3. The van der Waals surface area contributed by atoms with Crippen molar-refractivity contribution in [3.05, 3.63) is 348 Å². The third-order valence-corrected chi connectivity index (χ3v) is 23.5. The summed E-state index contributed by atoms with van der Waals surface area (Å²) in [5.41, 5.74) is 14.2. The molecular formula is C92H65N2O2P. The minimum Gasteiger partial charge on any atom is -0.355 e. The molecule has 460 valence electrons. The Morgan fingerprint density at radius 2 is 0.691 bits per heavy atom. The van der Waals surface area contributed by atoms with Crippen molar-refractivity contribution in [3.8, 4) is 33.4 Å². The summed E-state index contributed by atoms with van der Waals surface area (Å²) in [6.45, 7) is 9.43. The first-order valence-electron chi connectivity index (χ1n) is 33.5. The molecule has 0 saturated carbocycles. The van der Waals surface area contributed by atoms with E-state index < -0.39 is 7.92 Å². The first-order chi connectivity index (χ1) is 47.5. The number of benzene rings is 17. The van der Waals surface area contributed by atoms with Crippen LogP contribution in [0.3, 0.4) is 0 Å². The Labute approximate surface area is 563 Å². The standard InChI is InChI=1S/C37H25NO2.C37H25N.C18H15P/c1-37(2)33-18-15-24(25-11-7-8-14-34(25)38(39)40)21-32(33)29-17-16-28-31-20-23-10-4-3-9-22(23)19-30(31)26-12-5-6-13-27(26)35(28)36(29)37;1-37(2)32-20-34-31(24-12-7-8-14-33(24)38-34)19-30(32)27-16-15-26-29-18-22-10-4-3-9-21(22)17-28(29)23-11-5-6-13-25(23)35(26)36(27)37;1-4-10-16(11-5-1)19(17-12-6-2-7-13-17)18-14-8-3-9-15-18/h3-21H,1-2H3;3-20,38H,1-2H3;1-15H. The lowest BCUT2D eigenvalue weighted by Crippen LogP contribution is -2.20. The van der Waals surface area contributed by atoms with Crippen LogP contribution in [0.4, 0.5) is 5.69 Å². The Morgan fingerprint density at radius 1 is 0.299 bits per heavy atom. The molecule has 0 fully saturated rings. The third kappa shape index (κ3) is 9.23. The maximum absolute atomic E-state index is 11.8. The molecule has 5 heteroatoms. The maximum Gasteiger partial charge on any atom is 0.277 e. The van der Waals surface area contributed by atoms with Crippen molar-refractivity contribution in [3.63, 3.8) is 0 Å². The summed E-state index contributed by atoms with van der Waals surface area (Å²) in [6, 6.07) is 113. The van der Waals surface area contributed by atoms with Gasteiger partial charge in [-0.3, -0.25) is 10.1 Å². The molecule has 0 spiro atoms. The van der Waals surface area contributed by atoms with Crippen LogP contribution in [0, 0.1) is 10.1 Å². The summed E-state index contributed by atoms with van der Waals surface area (Å²) in [5.74, 6) is 0. The lowest BCUT2D eigenvalue weighted by molar-refractivity contribution is -0.384. The predicted molar refractivity (Wildman–Crippen MR) is 415 cm³/mol. The number of aromatic amines is 1. The number of aromatic nitrogens is 1. The van der Waals surface area contributed by atoms with Gasteiger partial charge >= 0.3 is 0 Å². The minimum absolute atomic E-state index is 0.122. The molecule has 4 nitrogen and oxygen atoms in total. The molecule has 0 unspecified atom stereocenters. The second-order valence-corrected chi connectivity index (χ2v) is 29.4. The van der Waals surface area contributed by atoms with Gasteiger partial charge in [0.05, 0.1) is 10.5 Å². The number of nitrogens with one attached hydrogen (secondary N) is 1. The van der Waals surface area contributed by atoms with Crippen LogP contribution in [0.25, 0.3) is 141 Å². The Hall–Kier alpha value is -11.6. The second-order valence-electron chi connectivity index (χ2n) is 27.1. The summed E-state index contributed by atoms with van der Waals surface area (Å²) in [5, 5.41) is 39.4. The fourth-order valence-corrected chi connectivity index (χ4v) is 19.0. The monoisotopic (exact) mass is 1260 g/mol. The van der Waals surface area contributed by atoms with Gasteiger partial charge in [-0.2, -0.15) is 0 Å². The summed E-state index contributed by atoms with van der Waals surface area (Å²) in [4.78, 5) is 15.2. The molecular weight excluding hydrogens is 1200 g/mol. The van der Waals surface area contributed by atoms with Crippen LogP contribution in [-0.4, -0.2) is 9.91 Å². The molecule has 2 aliphatic rings. The van der Waals surface area contributed by atoms with Crippen molar-refractivity contribution >= 4 is 138 Å². The van der Waals surface area contributed by atoms with E-state index in [1.165, 1.54) is 163 Å². The van der Waals surface area contributed by atoms with Crippen LogP contribution in [0.1, 0.15) is 49.9 Å². The van der Waals surface area contributed by atoms with Gasteiger partial charge in [-0.15, -0.1) is 0 Å². The molecule has 18 aromatic rings. The highest BCUT2D eigenvalue weighted by atomic mass is 31.1. The Morgan fingerprint density at radius 3 is 1.19 bits per heavy atom. The van der Waals surface area contributed by atoms with Gasteiger partial charge in [0.15, 0.2) is 0 Å². The van der Waals surface area contributed by atoms with Gasteiger partial charge in [-0.1, -0.05) is 282 Å². The average Bonchev–Trinajstić information content (AvgIpc) is 1.55. The van der Waals surface area contributed by atoms with Crippen LogP contribution < -0.4 is 15.9 Å². The molecule has 20 rings (SSSR count). The van der Waals surface area contributed by atoms with Crippen molar-refractivity contribution in [2.24, 2.45) is 0 Å². The van der Waals surface area contributed by atoms with E-state index in [0.717, 1.165) is 11.1 Å². The number of fused-ring (bicyclic) bond motifs is 25. The molecule has 0 saturated heterocycles. The van der Waals surface area contributed by atoms with E-state index in [1.807, 2.05) is 18.2 Å². The van der Waals surface area contributed by atoms with Crippen LogP contribution in [0.15, 0.2) is 315 Å². The number of rotatable bonds is 5. The molecule has 1 aromatic heterocycles. The molecule has 1 heterocycles. The van der Waals surface area contributed by atoms with Crippen molar-refractivity contribution < 1.29 is 4.92 Å². The number of para-hydroxylation sites is 2. The first kappa shape index (κ1) is 58.1. The van der Waals surface area contributed by atoms with Gasteiger partial charge in [-0.05, 0) is 215 Å². The lowest BCUT2D eigenvalue weighted by Gasteiger charge is -2.25. The molecule has 0 atom stereocenters. The SMILES string of the molecule is CC1(C)c2cc3[nH]c4ccccc4c3cc2-c2ccc3c4cc5ccccc5cc4c4ccccc4c3c21.CC1(C)c2ccc(-c3ccccc3[N+](=O)[O-])cc2-c2ccc3c4cc5ccccc5cc4c4ccccc4c3c21.c1ccc(P(c2ccccc2)c2ccccc2)cc1. The number of nitro groups is 1. The molecule has 17 aromatic carbocycles. The van der Waals surface area contributed by atoms with Crippen LogP contribution in [0.5, 0.6) is 0 Å². The number of nitrogens with zero attached hydrogens (tertiary/aromatic N) is 1. The summed E-state index contributed by atoms with van der Waals surface area (Å²) < 4.78 is 0.